The Labute approximate surface area is 181 Å². The molecule has 3 N–H and O–H groups in total. The Kier molecular flexibility index (Phi) is 8.19. The van der Waals surface area contributed by atoms with Gasteiger partial charge in [-0.05, 0) is 37.5 Å². The van der Waals surface area contributed by atoms with Crippen molar-refractivity contribution in [1.82, 2.24) is 10.6 Å². The molecule has 7 heteroatoms. The van der Waals surface area contributed by atoms with Crippen molar-refractivity contribution in [1.29, 1.82) is 0 Å². The standard InChI is InChI=1S/C19H24ClN3OS.HI/c1-2-21-18(22-12-15(24)16-8-9-17(20)25-16)23-13-19(10-11-19)14-6-4-3-5-7-14;/h3-9,15,24H,2,10-13H2,1H3,(H2,21,22,23);1H. The van der Waals surface area contributed by atoms with Gasteiger partial charge in [-0.3, -0.25) is 4.99 Å². The predicted octanol–water partition coefficient (Wildman–Crippen LogP) is 4.34. The van der Waals surface area contributed by atoms with E-state index in [2.05, 4.69) is 34.9 Å². The summed E-state index contributed by atoms with van der Waals surface area (Å²) in [6.07, 6.45) is 1.76. The smallest absolute Gasteiger partial charge is 0.191 e. The molecule has 1 heterocycles. The van der Waals surface area contributed by atoms with Gasteiger partial charge in [0, 0.05) is 23.4 Å². The van der Waals surface area contributed by atoms with Gasteiger partial charge in [0.05, 0.1) is 10.9 Å². The zero-order valence-electron chi connectivity index (χ0n) is 14.7. The van der Waals surface area contributed by atoms with Gasteiger partial charge in [0.15, 0.2) is 5.96 Å². The van der Waals surface area contributed by atoms with Crippen LogP contribution in [-0.4, -0.2) is 30.7 Å². The monoisotopic (exact) mass is 505 g/mol. The first-order valence-electron chi connectivity index (χ1n) is 8.64. The summed E-state index contributed by atoms with van der Waals surface area (Å²) in [4.78, 5) is 5.61. The van der Waals surface area contributed by atoms with Crippen molar-refractivity contribution in [3.63, 3.8) is 0 Å². The van der Waals surface area contributed by atoms with Crippen molar-refractivity contribution < 1.29 is 5.11 Å². The number of benzene rings is 1. The number of aliphatic hydroxyl groups excluding tert-OH is 1. The summed E-state index contributed by atoms with van der Waals surface area (Å²) < 4.78 is 0.688. The van der Waals surface area contributed by atoms with E-state index in [1.54, 1.807) is 6.07 Å². The lowest BCUT2D eigenvalue weighted by atomic mass is 9.96. The second kappa shape index (κ2) is 9.92. The van der Waals surface area contributed by atoms with E-state index in [4.69, 9.17) is 16.6 Å². The largest absolute Gasteiger partial charge is 0.386 e. The van der Waals surface area contributed by atoms with Gasteiger partial charge >= 0.3 is 0 Å². The number of hydrogen-bond acceptors (Lipinski definition) is 3. The van der Waals surface area contributed by atoms with Crippen molar-refractivity contribution in [3.8, 4) is 0 Å². The van der Waals surface area contributed by atoms with Crippen molar-refractivity contribution in [2.24, 2.45) is 4.99 Å². The molecule has 1 aliphatic rings. The summed E-state index contributed by atoms with van der Waals surface area (Å²) in [5.41, 5.74) is 1.55. The zero-order chi connectivity index (χ0) is 17.7. The maximum atomic E-state index is 10.3. The van der Waals surface area contributed by atoms with Gasteiger partial charge in [0.1, 0.15) is 6.10 Å². The quantitative estimate of drug-likeness (QED) is 0.298. The highest BCUT2D eigenvalue weighted by Gasteiger charge is 2.43. The molecule has 0 amide bonds. The summed E-state index contributed by atoms with van der Waals surface area (Å²) in [6.45, 7) is 3.98. The Bertz CT molecular complexity index is 719. The Morgan fingerprint density at radius 3 is 2.54 bits per heavy atom. The lowest BCUT2D eigenvalue weighted by molar-refractivity contribution is 0.184. The molecule has 1 aromatic carbocycles. The summed E-state index contributed by atoms with van der Waals surface area (Å²) in [5.74, 6) is 0.742. The fourth-order valence-electron chi connectivity index (χ4n) is 2.85. The first-order valence-corrected chi connectivity index (χ1v) is 9.83. The van der Waals surface area contributed by atoms with Gasteiger partial charge in [-0.2, -0.15) is 0 Å². The Morgan fingerprint density at radius 1 is 1.23 bits per heavy atom. The van der Waals surface area contributed by atoms with E-state index in [0.717, 1.165) is 23.9 Å². The number of hydrogen-bond donors (Lipinski definition) is 3. The number of rotatable bonds is 7. The van der Waals surface area contributed by atoms with Crippen LogP contribution in [-0.2, 0) is 5.41 Å². The lowest BCUT2D eigenvalue weighted by Crippen LogP contribution is -2.39. The molecule has 4 nitrogen and oxygen atoms in total. The maximum Gasteiger partial charge on any atom is 0.191 e. The summed E-state index contributed by atoms with van der Waals surface area (Å²) in [5, 5.41) is 16.8. The van der Waals surface area contributed by atoms with Crippen LogP contribution in [0.3, 0.4) is 0 Å². The van der Waals surface area contributed by atoms with E-state index in [1.165, 1.54) is 29.7 Å². The molecule has 0 spiro atoms. The van der Waals surface area contributed by atoms with Crippen molar-refractivity contribution in [2.75, 3.05) is 19.6 Å². The highest BCUT2D eigenvalue weighted by atomic mass is 127. The van der Waals surface area contributed by atoms with Gasteiger partial charge in [0.2, 0.25) is 0 Å². The summed E-state index contributed by atoms with van der Waals surface area (Å²) in [6, 6.07) is 14.3. The first kappa shape index (κ1) is 21.5. The molecule has 1 fully saturated rings. The third-order valence-corrected chi connectivity index (χ3v) is 5.84. The van der Waals surface area contributed by atoms with Crippen LogP contribution in [0.2, 0.25) is 4.34 Å². The van der Waals surface area contributed by atoms with E-state index >= 15 is 0 Å². The molecule has 1 atom stereocenters. The minimum Gasteiger partial charge on any atom is -0.386 e. The van der Waals surface area contributed by atoms with E-state index < -0.39 is 6.10 Å². The van der Waals surface area contributed by atoms with Crippen molar-refractivity contribution in [3.05, 3.63) is 57.2 Å². The molecule has 0 aliphatic heterocycles. The van der Waals surface area contributed by atoms with Crippen LogP contribution in [0.25, 0.3) is 0 Å². The molecule has 1 aromatic heterocycles. The molecule has 3 rings (SSSR count). The lowest BCUT2D eigenvalue weighted by Gasteiger charge is -2.17. The van der Waals surface area contributed by atoms with Crippen LogP contribution < -0.4 is 10.6 Å². The second-order valence-corrected chi connectivity index (χ2v) is 8.13. The summed E-state index contributed by atoms with van der Waals surface area (Å²) in [7, 11) is 0. The number of nitrogens with one attached hydrogen (secondary N) is 2. The van der Waals surface area contributed by atoms with E-state index in [1.807, 2.05) is 19.1 Å². The van der Waals surface area contributed by atoms with E-state index in [9.17, 15) is 5.11 Å². The van der Waals surface area contributed by atoms with Gasteiger partial charge in [-0.15, -0.1) is 35.3 Å². The van der Waals surface area contributed by atoms with Gasteiger partial charge in [-0.25, -0.2) is 0 Å². The third-order valence-electron chi connectivity index (χ3n) is 4.51. The van der Waals surface area contributed by atoms with Gasteiger partial charge < -0.3 is 15.7 Å². The molecule has 1 aliphatic carbocycles. The van der Waals surface area contributed by atoms with Crippen molar-refractivity contribution in [2.45, 2.75) is 31.3 Å². The van der Waals surface area contributed by atoms with Gasteiger partial charge in [0.25, 0.3) is 0 Å². The van der Waals surface area contributed by atoms with Crippen molar-refractivity contribution >= 4 is 52.9 Å². The van der Waals surface area contributed by atoms with Crippen LogP contribution in [0.15, 0.2) is 47.5 Å². The fraction of sp³-hybridized carbons (Fsp3) is 0.421. The normalized spacial score (nSPS) is 16.5. The third kappa shape index (κ3) is 5.58. The molecular weight excluding hydrogens is 481 g/mol. The number of guanidine groups is 1. The Morgan fingerprint density at radius 2 is 1.96 bits per heavy atom. The average Bonchev–Trinajstić information content (AvgIpc) is 3.31. The molecule has 26 heavy (non-hydrogen) atoms. The van der Waals surface area contributed by atoms with Crippen LogP contribution >= 0.6 is 46.9 Å². The minimum atomic E-state index is -0.592. The molecule has 142 valence electrons. The molecule has 0 radical (unpaired) electrons. The Balaban J connectivity index is 0.00000243. The number of aliphatic hydroxyl groups is 1. The Hall–Kier alpha value is -0.830. The van der Waals surface area contributed by atoms with Crippen LogP contribution in [0.4, 0.5) is 0 Å². The topological polar surface area (TPSA) is 56.7 Å². The maximum absolute atomic E-state index is 10.3. The van der Waals surface area contributed by atoms with E-state index in [-0.39, 0.29) is 29.4 Å². The van der Waals surface area contributed by atoms with E-state index in [0.29, 0.717) is 10.9 Å². The van der Waals surface area contributed by atoms with Crippen LogP contribution in [0.5, 0.6) is 0 Å². The van der Waals surface area contributed by atoms with Gasteiger partial charge in [-0.1, -0.05) is 41.9 Å². The fourth-order valence-corrected chi connectivity index (χ4v) is 3.90. The number of aliphatic imine (C=N–C) groups is 1. The van der Waals surface area contributed by atoms with Crippen LogP contribution in [0, 0.1) is 0 Å². The summed E-state index contributed by atoms with van der Waals surface area (Å²) >= 11 is 7.33. The SMILES string of the molecule is CCNC(=NCC1(c2ccccc2)CC1)NCC(O)c1ccc(Cl)s1.I. The number of nitrogens with zero attached hydrogens (tertiary/aromatic N) is 1. The molecule has 1 unspecified atom stereocenters. The van der Waals surface area contributed by atoms with Crippen LogP contribution in [0.1, 0.15) is 36.3 Å². The second-order valence-electron chi connectivity index (χ2n) is 6.38. The molecule has 0 bridgehead atoms. The number of halogens is 2. The predicted molar refractivity (Wildman–Crippen MR) is 121 cm³/mol. The number of thiophene rings is 1. The zero-order valence-corrected chi connectivity index (χ0v) is 18.6. The molecule has 2 aromatic rings. The molecule has 1 saturated carbocycles. The first-order chi connectivity index (χ1) is 12.1. The minimum absolute atomic E-state index is 0. The molecular formula is C19H25ClIN3OS. The highest BCUT2D eigenvalue weighted by molar-refractivity contribution is 14.0. The molecule has 0 saturated heterocycles. The highest BCUT2D eigenvalue weighted by Crippen LogP contribution is 2.48. The average molecular weight is 506 g/mol.